The highest BCUT2D eigenvalue weighted by atomic mass is 19.1. The minimum absolute atomic E-state index is 0.0237. The highest BCUT2D eigenvalue weighted by Gasteiger charge is 2.28. The lowest BCUT2D eigenvalue weighted by molar-refractivity contribution is -0.106. The molecule has 0 saturated carbocycles. The monoisotopic (exact) mass is 209 g/mol. The number of aldehydes is 1. The van der Waals surface area contributed by atoms with Crippen molar-refractivity contribution in [3.8, 4) is 0 Å². The molecule has 15 heavy (non-hydrogen) atoms. The van der Waals surface area contributed by atoms with Crippen LogP contribution in [-0.2, 0) is 11.2 Å². The number of aliphatic hydroxyl groups is 1. The minimum Gasteiger partial charge on any atom is -0.394 e. The molecule has 1 heterocycles. The lowest BCUT2D eigenvalue weighted by Crippen LogP contribution is -2.36. The molecule has 0 fully saturated rings. The number of halogens is 1. The normalized spacial score (nSPS) is 19.1. The van der Waals surface area contributed by atoms with Crippen molar-refractivity contribution < 1.29 is 14.3 Å². The fourth-order valence-corrected chi connectivity index (χ4v) is 2.05. The van der Waals surface area contributed by atoms with E-state index in [4.69, 9.17) is 5.11 Å². The summed E-state index contributed by atoms with van der Waals surface area (Å²) < 4.78 is 13.0. The topological polar surface area (TPSA) is 40.5 Å². The fourth-order valence-electron chi connectivity index (χ4n) is 2.05. The van der Waals surface area contributed by atoms with Gasteiger partial charge in [-0.2, -0.15) is 0 Å². The van der Waals surface area contributed by atoms with Crippen LogP contribution >= 0.6 is 0 Å². The third-order valence-corrected chi connectivity index (χ3v) is 2.73. The molecule has 0 aliphatic carbocycles. The summed E-state index contributed by atoms with van der Waals surface area (Å²) in [5, 5.41) is 9.15. The van der Waals surface area contributed by atoms with E-state index < -0.39 is 0 Å². The summed E-state index contributed by atoms with van der Waals surface area (Å²) in [6.45, 7) is 0.216. The zero-order valence-corrected chi connectivity index (χ0v) is 8.19. The van der Waals surface area contributed by atoms with Crippen LogP contribution < -0.4 is 4.90 Å². The quantitative estimate of drug-likeness (QED) is 0.747. The number of carbonyl (C=O) groups is 1. The Kier molecular flexibility index (Phi) is 2.68. The molecule has 0 bridgehead atoms. The minimum atomic E-state index is -0.279. The second-order valence-corrected chi connectivity index (χ2v) is 3.63. The van der Waals surface area contributed by atoms with E-state index in [2.05, 4.69) is 0 Å². The maximum atomic E-state index is 13.0. The number of benzene rings is 1. The number of hydrogen-bond donors (Lipinski definition) is 1. The predicted molar refractivity (Wildman–Crippen MR) is 54.4 cm³/mol. The lowest BCUT2D eigenvalue weighted by Gasteiger charge is -2.23. The average molecular weight is 209 g/mol. The molecule has 1 atom stereocenters. The van der Waals surface area contributed by atoms with Gasteiger partial charge < -0.3 is 14.8 Å². The second-order valence-electron chi connectivity index (χ2n) is 3.63. The van der Waals surface area contributed by atoms with Crippen molar-refractivity contribution in [3.05, 3.63) is 29.6 Å². The molecule has 2 rings (SSSR count). The molecule has 1 aromatic carbocycles. The first-order chi connectivity index (χ1) is 7.26. The van der Waals surface area contributed by atoms with Crippen LogP contribution in [0, 0.1) is 5.82 Å². The highest BCUT2D eigenvalue weighted by Crippen LogP contribution is 2.31. The van der Waals surface area contributed by atoms with Gasteiger partial charge in [0.05, 0.1) is 19.2 Å². The highest BCUT2D eigenvalue weighted by molar-refractivity contribution is 5.67. The SMILES string of the molecule is O=CCN1c2ccc(F)cc2C[C@@H]1CO. The third kappa shape index (κ3) is 1.72. The number of fused-ring (bicyclic) bond motifs is 1. The molecule has 1 aliphatic heterocycles. The molecular formula is C11H12FNO2. The molecule has 4 heteroatoms. The zero-order chi connectivity index (χ0) is 10.8. The Bertz CT molecular complexity index is 381. The Morgan fingerprint density at radius 2 is 2.40 bits per heavy atom. The Balaban J connectivity index is 2.35. The molecule has 1 aliphatic rings. The summed E-state index contributed by atoms with van der Waals surface area (Å²) >= 11 is 0. The number of carbonyl (C=O) groups excluding carboxylic acids is 1. The van der Waals surface area contributed by atoms with Gasteiger partial charge in [-0.25, -0.2) is 4.39 Å². The summed E-state index contributed by atoms with van der Waals surface area (Å²) in [6.07, 6.45) is 1.39. The van der Waals surface area contributed by atoms with Crippen molar-refractivity contribution in [2.45, 2.75) is 12.5 Å². The molecule has 1 N–H and O–H groups in total. The van der Waals surface area contributed by atoms with E-state index in [1.54, 1.807) is 6.07 Å². The molecule has 0 radical (unpaired) electrons. The second kappa shape index (κ2) is 3.98. The zero-order valence-electron chi connectivity index (χ0n) is 8.19. The smallest absolute Gasteiger partial charge is 0.139 e. The van der Waals surface area contributed by atoms with Crippen LogP contribution in [0.2, 0.25) is 0 Å². The van der Waals surface area contributed by atoms with Crippen molar-refractivity contribution in [3.63, 3.8) is 0 Å². The van der Waals surface area contributed by atoms with E-state index in [1.807, 2.05) is 4.90 Å². The van der Waals surface area contributed by atoms with Gasteiger partial charge in [-0.3, -0.25) is 0 Å². The molecular weight excluding hydrogens is 197 g/mol. The first kappa shape index (κ1) is 10.1. The van der Waals surface area contributed by atoms with Gasteiger partial charge >= 0.3 is 0 Å². The fraction of sp³-hybridized carbons (Fsp3) is 0.364. The van der Waals surface area contributed by atoms with E-state index in [1.165, 1.54) is 12.1 Å². The molecule has 0 saturated heterocycles. The van der Waals surface area contributed by atoms with Crippen molar-refractivity contribution in [1.29, 1.82) is 0 Å². The summed E-state index contributed by atoms with van der Waals surface area (Å²) in [6, 6.07) is 4.38. The van der Waals surface area contributed by atoms with Gasteiger partial charge in [0.1, 0.15) is 12.1 Å². The van der Waals surface area contributed by atoms with Crippen LogP contribution in [0.4, 0.5) is 10.1 Å². The van der Waals surface area contributed by atoms with E-state index in [0.29, 0.717) is 6.42 Å². The first-order valence-corrected chi connectivity index (χ1v) is 4.86. The van der Waals surface area contributed by atoms with Crippen LogP contribution in [0.3, 0.4) is 0 Å². The van der Waals surface area contributed by atoms with Crippen molar-refractivity contribution in [1.82, 2.24) is 0 Å². The van der Waals surface area contributed by atoms with E-state index >= 15 is 0 Å². The predicted octanol–water partition coefficient (Wildman–Crippen LogP) is 0.748. The summed E-state index contributed by atoms with van der Waals surface area (Å²) in [7, 11) is 0. The van der Waals surface area contributed by atoms with Crippen molar-refractivity contribution >= 4 is 12.0 Å². The number of nitrogens with zero attached hydrogens (tertiary/aromatic N) is 1. The van der Waals surface area contributed by atoms with Crippen LogP contribution in [0.15, 0.2) is 18.2 Å². The Hall–Kier alpha value is -1.42. The van der Waals surface area contributed by atoms with E-state index in [0.717, 1.165) is 17.5 Å². The number of rotatable bonds is 3. The standard InChI is InChI=1S/C11H12FNO2/c12-9-1-2-11-8(5-9)6-10(7-15)13(11)3-4-14/h1-2,4-5,10,15H,3,6-7H2/t10-/m1/s1. The van der Waals surface area contributed by atoms with Crippen LogP contribution in [0.1, 0.15) is 5.56 Å². The third-order valence-electron chi connectivity index (χ3n) is 2.73. The average Bonchev–Trinajstić information content (AvgIpc) is 2.56. The van der Waals surface area contributed by atoms with Crippen LogP contribution in [0.5, 0.6) is 0 Å². The number of anilines is 1. The summed E-state index contributed by atoms with van der Waals surface area (Å²) in [5.41, 5.74) is 1.71. The van der Waals surface area contributed by atoms with Crippen LogP contribution in [-0.4, -0.2) is 30.6 Å². The number of aliphatic hydroxyl groups excluding tert-OH is 1. The van der Waals surface area contributed by atoms with E-state index in [-0.39, 0.29) is 25.0 Å². The van der Waals surface area contributed by atoms with Gasteiger partial charge in [-0.05, 0) is 30.2 Å². The van der Waals surface area contributed by atoms with Gasteiger partial charge in [0.15, 0.2) is 0 Å². The van der Waals surface area contributed by atoms with Gasteiger partial charge in [-0.15, -0.1) is 0 Å². The lowest BCUT2D eigenvalue weighted by atomic mass is 10.1. The van der Waals surface area contributed by atoms with Gasteiger partial charge in [0.25, 0.3) is 0 Å². The first-order valence-electron chi connectivity index (χ1n) is 4.86. The molecule has 80 valence electrons. The van der Waals surface area contributed by atoms with Gasteiger partial charge in [0, 0.05) is 5.69 Å². The number of hydrogen-bond acceptors (Lipinski definition) is 3. The molecule has 1 aromatic rings. The molecule has 0 amide bonds. The van der Waals surface area contributed by atoms with Crippen molar-refractivity contribution in [2.75, 3.05) is 18.1 Å². The molecule has 0 unspecified atom stereocenters. The van der Waals surface area contributed by atoms with Crippen molar-refractivity contribution in [2.24, 2.45) is 0 Å². The molecule has 0 aromatic heterocycles. The largest absolute Gasteiger partial charge is 0.394 e. The molecule has 3 nitrogen and oxygen atoms in total. The van der Waals surface area contributed by atoms with Gasteiger partial charge in [0.2, 0.25) is 0 Å². The summed E-state index contributed by atoms with van der Waals surface area (Å²) in [5.74, 6) is -0.279. The maximum absolute atomic E-state index is 13.0. The Morgan fingerprint density at radius 3 is 3.07 bits per heavy atom. The Labute approximate surface area is 87.1 Å². The maximum Gasteiger partial charge on any atom is 0.139 e. The summed E-state index contributed by atoms with van der Waals surface area (Å²) in [4.78, 5) is 12.3. The van der Waals surface area contributed by atoms with Crippen LogP contribution in [0.25, 0.3) is 0 Å². The Morgan fingerprint density at radius 1 is 1.60 bits per heavy atom. The van der Waals surface area contributed by atoms with E-state index in [9.17, 15) is 9.18 Å². The van der Waals surface area contributed by atoms with Gasteiger partial charge in [-0.1, -0.05) is 0 Å². The molecule has 0 spiro atoms.